The van der Waals surface area contributed by atoms with Gasteiger partial charge in [-0.1, -0.05) is 18.2 Å². The topological polar surface area (TPSA) is 71.1 Å². The lowest BCUT2D eigenvalue weighted by molar-refractivity contribution is -0.146. The van der Waals surface area contributed by atoms with Crippen molar-refractivity contribution in [1.29, 1.82) is 0 Å². The largest absolute Gasteiger partial charge is 0.497 e. The molecule has 1 N–H and O–H groups in total. The molecule has 1 fully saturated rings. The first-order valence-corrected chi connectivity index (χ1v) is 9.70. The van der Waals surface area contributed by atoms with E-state index in [1.807, 2.05) is 48.5 Å². The molecule has 0 radical (unpaired) electrons. The molecule has 154 valence electrons. The maximum atomic E-state index is 12.4. The predicted octanol–water partition coefficient (Wildman–Crippen LogP) is 1.71. The second-order valence-electron chi connectivity index (χ2n) is 6.80. The fourth-order valence-electron chi connectivity index (χ4n) is 3.40. The summed E-state index contributed by atoms with van der Waals surface area (Å²) in [5, 5.41) is 2.72. The molecule has 29 heavy (non-hydrogen) atoms. The molecule has 0 saturated carbocycles. The molecule has 2 aromatic rings. The van der Waals surface area contributed by atoms with Crippen LogP contribution in [0, 0.1) is 0 Å². The summed E-state index contributed by atoms with van der Waals surface area (Å²) in [4.78, 5) is 28.5. The number of hydrogen-bond donors (Lipinski definition) is 1. The highest BCUT2D eigenvalue weighted by Crippen LogP contribution is 2.20. The zero-order valence-electron chi connectivity index (χ0n) is 16.9. The van der Waals surface area contributed by atoms with Gasteiger partial charge in [0.1, 0.15) is 11.5 Å². The third-order valence-electron chi connectivity index (χ3n) is 5.07. The van der Waals surface area contributed by atoms with Gasteiger partial charge in [0.15, 0.2) is 0 Å². The van der Waals surface area contributed by atoms with Crippen LogP contribution in [-0.2, 0) is 16.0 Å². The molecular formula is C22H27N3O4. The number of hydrogen-bond acceptors (Lipinski definition) is 5. The number of para-hydroxylation sites is 1. The highest BCUT2D eigenvalue weighted by molar-refractivity contribution is 6.35. The van der Waals surface area contributed by atoms with Crippen molar-refractivity contribution in [3.05, 3.63) is 54.1 Å². The van der Waals surface area contributed by atoms with Crippen LogP contribution in [-0.4, -0.2) is 63.7 Å². The molecule has 1 heterocycles. The average molecular weight is 397 g/mol. The first kappa shape index (κ1) is 20.5. The fourth-order valence-corrected chi connectivity index (χ4v) is 3.40. The zero-order chi connectivity index (χ0) is 20.6. The van der Waals surface area contributed by atoms with Gasteiger partial charge in [0.2, 0.25) is 0 Å². The molecule has 3 rings (SSSR count). The molecule has 7 heteroatoms. The molecule has 0 aromatic heterocycles. The van der Waals surface area contributed by atoms with E-state index in [1.165, 1.54) is 0 Å². The van der Waals surface area contributed by atoms with Crippen molar-refractivity contribution in [2.45, 2.75) is 6.42 Å². The Morgan fingerprint density at radius 1 is 0.931 bits per heavy atom. The lowest BCUT2D eigenvalue weighted by atomic mass is 10.1. The Morgan fingerprint density at radius 3 is 2.28 bits per heavy atom. The van der Waals surface area contributed by atoms with Gasteiger partial charge in [-0.3, -0.25) is 9.59 Å². The van der Waals surface area contributed by atoms with E-state index >= 15 is 0 Å². The van der Waals surface area contributed by atoms with Crippen molar-refractivity contribution >= 4 is 17.5 Å². The number of rotatable bonds is 6. The van der Waals surface area contributed by atoms with Crippen LogP contribution in [0.1, 0.15) is 5.56 Å². The Balaban J connectivity index is 1.45. The van der Waals surface area contributed by atoms with E-state index in [2.05, 4.69) is 10.2 Å². The molecule has 7 nitrogen and oxygen atoms in total. The summed E-state index contributed by atoms with van der Waals surface area (Å²) in [6.45, 7) is 2.80. The Hall–Kier alpha value is -3.22. The van der Waals surface area contributed by atoms with Gasteiger partial charge in [0.25, 0.3) is 0 Å². The van der Waals surface area contributed by atoms with Crippen LogP contribution in [0.3, 0.4) is 0 Å². The number of nitrogens with zero attached hydrogens (tertiary/aromatic N) is 2. The van der Waals surface area contributed by atoms with Gasteiger partial charge < -0.3 is 24.6 Å². The lowest BCUT2D eigenvalue weighted by Crippen LogP contribution is -2.52. The first-order chi connectivity index (χ1) is 14.1. The molecule has 2 amide bonds. The predicted molar refractivity (Wildman–Crippen MR) is 111 cm³/mol. The van der Waals surface area contributed by atoms with E-state index < -0.39 is 11.8 Å². The van der Waals surface area contributed by atoms with Gasteiger partial charge in [-0.25, -0.2) is 0 Å². The number of carbonyl (C=O) groups excluding carboxylic acids is 2. The fraction of sp³-hybridized carbons (Fsp3) is 0.364. The molecule has 0 bridgehead atoms. The summed E-state index contributed by atoms with van der Waals surface area (Å²) in [6, 6.07) is 15.5. The van der Waals surface area contributed by atoms with E-state index in [-0.39, 0.29) is 0 Å². The molecule has 1 saturated heterocycles. The Morgan fingerprint density at radius 2 is 1.62 bits per heavy atom. The molecule has 0 atom stereocenters. The maximum absolute atomic E-state index is 12.4. The number of carbonyl (C=O) groups is 2. The van der Waals surface area contributed by atoms with E-state index in [1.54, 1.807) is 19.1 Å². The smallest absolute Gasteiger partial charge is 0.312 e. The van der Waals surface area contributed by atoms with Crippen LogP contribution in [0.15, 0.2) is 48.5 Å². The number of piperazine rings is 1. The van der Waals surface area contributed by atoms with E-state index in [0.29, 0.717) is 39.1 Å². The van der Waals surface area contributed by atoms with E-state index in [0.717, 1.165) is 22.7 Å². The number of nitrogens with one attached hydrogen (secondary N) is 1. The summed E-state index contributed by atoms with van der Waals surface area (Å²) in [5.74, 6) is 0.562. The van der Waals surface area contributed by atoms with Crippen molar-refractivity contribution in [2.24, 2.45) is 0 Å². The van der Waals surface area contributed by atoms with Crippen LogP contribution < -0.4 is 19.7 Å². The molecule has 0 spiro atoms. The minimum absolute atomic E-state index is 0.386. The van der Waals surface area contributed by atoms with Gasteiger partial charge in [-0.15, -0.1) is 0 Å². The Kier molecular flexibility index (Phi) is 6.94. The number of anilines is 1. The van der Waals surface area contributed by atoms with Crippen LogP contribution in [0.2, 0.25) is 0 Å². The minimum Gasteiger partial charge on any atom is -0.497 e. The summed E-state index contributed by atoms with van der Waals surface area (Å²) >= 11 is 0. The second kappa shape index (κ2) is 9.82. The van der Waals surface area contributed by atoms with Crippen molar-refractivity contribution in [2.75, 3.05) is 51.8 Å². The van der Waals surface area contributed by atoms with Crippen molar-refractivity contribution in [1.82, 2.24) is 10.2 Å². The summed E-state index contributed by atoms with van der Waals surface area (Å²) in [5.41, 5.74) is 2.08. The summed E-state index contributed by atoms with van der Waals surface area (Å²) in [6.07, 6.45) is 0.605. The van der Waals surface area contributed by atoms with Gasteiger partial charge in [-0.2, -0.15) is 0 Å². The molecule has 0 unspecified atom stereocenters. The van der Waals surface area contributed by atoms with E-state index in [9.17, 15) is 9.59 Å². The standard InChI is InChI=1S/C22H27N3O4/c1-28-19-9-7-18(8-10-19)24-13-15-25(16-14-24)22(27)21(26)23-12-11-17-5-3-4-6-20(17)29-2/h3-10H,11-16H2,1-2H3,(H,23,26). The van der Waals surface area contributed by atoms with Crippen molar-refractivity contribution in [3.63, 3.8) is 0 Å². The van der Waals surface area contributed by atoms with Gasteiger partial charge in [0, 0.05) is 38.4 Å². The van der Waals surface area contributed by atoms with Gasteiger partial charge in [-0.05, 0) is 42.3 Å². The molecule has 0 aliphatic carbocycles. The van der Waals surface area contributed by atoms with Gasteiger partial charge in [0.05, 0.1) is 14.2 Å². The highest BCUT2D eigenvalue weighted by atomic mass is 16.5. The number of benzene rings is 2. The number of methoxy groups -OCH3 is 2. The average Bonchev–Trinajstić information content (AvgIpc) is 2.79. The van der Waals surface area contributed by atoms with Crippen LogP contribution in [0.4, 0.5) is 5.69 Å². The van der Waals surface area contributed by atoms with Crippen molar-refractivity contribution < 1.29 is 19.1 Å². The maximum Gasteiger partial charge on any atom is 0.312 e. The number of ether oxygens (including phenoxy) is 2. The number of amides is 2. The normalized spacial score (nSPS) is 13.7. The minimum atomic E-state index is -0.558. The molecular weight excluding hydrogens is 370 g/mol. The molecule has 1 aliphatic heterocycles. The van der Waals surface area contributed by atoms with E-state index in [4.69, 9.17) is 9.47 Å². The molecule has 2 aromatic carbocycles. The Labute approximate surface area is 171 Å². The first-order valence-electron chi connectivity index (χ1n) is 9.70. The summed E-state index contributed by atoms with van der Waals surface area (Å²) in [7, 11) is 3.26. The van der Waals surface area contributed by atoms with Crippen LogP contribution in [0.5, 0.6) is 11.5 Å². The zero-order valence-corrected chi connectivity index (χ0v) is 16.9. The van der Waals surface area contributed by atoms with Gasteiger partial charge >= 0.3 is 11.8 Å². The monoisotopic (exact) mass is 397 g/mol. The van der Waals surface area contributed by atoms with Crippen molar-refractivity contribution in [3.8, 4) is 11.5 Å². The third-order valence-corrected chi connectivity index (χ3v) is 5.07. The second-order valence-corrected chi connectivity index (χ2v) is 6.80. The SMILES string of the molecule is COc1ccc(N2CCN(C(=O)C(=O)NCCc3ccccc3OC)CC2)cc1. The highest BCUT2D eigenvalue weighted by Gasteiger charge is 2.26. The van der Waals surface area contributed by atoms with Crippen LogP contribution in [0.25, 0.3) is 0 Å². The summed E-state index contributed by atoms with van der Waals surface area (Å²) < 4.78 is 10.5. The Bertz CT molecular complexity index is 830. The molecule has 1 aliphatic rings. The third kappa shape index (κ3) is 5.19. The lowest BCUT2D eigenvalue weighted by Gasteiger charge is -2.35. The van der Waals surface area contributed by atoms with Crippen LogP contribution >= 0.6 is 0 Å². The quantitative estimate of drug-likeness (QED) is 0.752.